The molecule has 1 fully saturated rings. The SMILES string of the molecule is CC(=C1CCCCC1)c1cccc(CC2C=CC(C(F)(F)F)=CN2c2cccnn2)c1. The lowest BCUT2D eigenvalue weighted by Crippen LogP contribution is -2.35. The molecule has 2 aromatic rings. The van der Waals surface area contributed by atoms with Crippen molar-refractivity contribution < 1.29 is 13.2 Å². The number of benzene rings is 1. The molecule has 2 heterocycles. The van der Waals surface area contributed by atoms with Crippen LogP contribution in [-0.4, -0.2) is 22.4 Å². The van der Waals surface area contributed by atoms with Gasteiger partial charge in [0.15, 0.2) is 5.82 Å². The van der Waals surface area contributed by atoms with E-state index in [0.29, 0.717) is 12.2 Å². The first kappa shape index (κ1) is 21.3. The summed E-state index contributed by atoms with van der Waals surface area (Å²) in [6, 6.07) is 11.4. The summed E-state index contributed by atoms with van der Waals surface area (Å²) in [7, 11) is 0. The maximum absolute atomic E-state index is 13.3. The molecule has 31 heavy (non-hydrogen) atoms. The molecule has 1 aliphatic carbocycles. The highest BCUT2D eigenvalue weighted by molar-refractivity contribution is 5.67. The summed E-state index contributed by atoms with van der Waals surface area (Å²) in [6.45, 7) is 2.19. The third-order valence-electron chi connectivity index (χ3n) is 6.08. The zero-order valence-electron chi connectivity index (χ0n) is 17.6. The van der Waals surface area contributed by atoms with Gasteiger partial charge in [0.2, 0.25) is 0 Å². The van der Waals surface area contributed by atoms with Gasteiger partial charge in [0.1, 0.15) is 0 Å². The van der Waals surface area contributed by atoms with E-state index in [1.165, 1.54) is 42.2 Å². The molecule has 6 heteroatoms. The van der Waals surface area contributed by atoms with Gasteiger partial charge in [-0.3, -0.25) is 0 Å². The van der Waals surface area contributed by atoms with E-state index in [1.54, 1.807) is 23.1 Å². The number of alkyl halides is 3. The van der Waals surface area contributed by atoms with Crippen LogP contribution in [-0.2, 0) is 6.42 Å². The molecule has 2 aliphatic rings. The van der Waals surface area contributed by atoms with Crippen molar-refractivity contribution in [1.29, 1.82) is 0 Å². The maximum atomic E-state index is 13.3. The van der Waals surface area contributed by atoms with Crippen LogP contribution < -0.4 is 4.90 Å². The molecule has 0 radical (unpaired) electrons. The minimum Gasteiger partial charge on any atom is -0.324 e. The molecule has 1 atom stereocenters. The van der Waals surface area contributed by atoms with E-state index in [1.807, 2.05) is 12.1 Å². The topological polar surface area (TPSA) is 29.0 Å². The van der Waals surface area contributed by atoms with E-state index < -0.39 is 11.7 Å². The van der Waals surface area contributed by atoms with Gasteiger partial charge in [0.25, 0.3) is 0 Å². The Morgan fingerprint density at radius 1 is 1.10 bits per heavy atom. The second-order valence-corrected chi connectivity index (χ2v) is 8.19. The third-order valence-corrected chi connectivity index (χ3v) is 6.08. The third kappa shape index (κ3) is 5.06. The average molecular weight is 425 g/mol. The molecule has 162 valence electrons. The monoisotopic (exact) mass is 425 g/mol. The first-order valence-corrected chi connectivity index (χ1v) is 10.7. The van der Waals surface area contributed by atoms with E-state index >= 15 is 0 Å². The van der Waals surface area contributed by atoms with E-state index in [9.17, 15) is 13.2 Å². The highest BCUT2D eigenvalue weighted by Crippen LogP contribution is 2.33. The lowest BCUT2D eigenvalue weighted by molar-refractivity contribution is -0.0886. The summed E-state index contributed by atoms with van der Waals surface area (Å²) in [5.41, 5.74) is 4.46. The number of aromatic nitrogens is 2. The van der Waals surface area contributed by atoms with Crippen LogP contribution in [0, 0.1) is 0 Å². The Hall–Kier alpha value is -2.89. The molecule has 0 saturated heterocycles. The van der Waals surface area contributed by atoms with E-state index in [-0.39, 0.29) is 6.04 Å². The summed E-state index contributed by atoms with van der Waals surface area (Å²) in [5.74, 6) is 0.398. The molecule has 1 aliphatic heterocycles. The summed E-state index contributed by atoms with van der Waals surface area (Å²) in [5, 5.41) is 7.89. The summed E-state index contributed by atoms with van der Waals surface area (Å²) in [6.07, 6.45) is 7.70. The lowest BCUT2D eigenvalue weighted by atomic mass is 9.88. The zero-order valence-corrected chi connectivity index (χ0v) is 17.6. The summed E-state index contributed by atoms with van der Waals surface area (Å²) in [4.78, 5) is 1.56. The molecule has 1 aromatic carbocycles. The Morgan fingerprint density at radius 3 is 2.61 bits per heavy atom. The number of hydrogen-bond donors (Lipinski definition) is 0. The number of hydrogen-bond acceptors (Lipinski definition) is 3. The Kier molecular flexibility index (Phi) is 6.25. The first-order valence-electron chi connectivity index (χ1n) is 10.7. The van der Waals surface area contributed by atoms with Gasteiger partial charge in [-0.05, 0) is 67.9 Å². The van der Waals surface area contributed by atoms with Crippen LogP contribution in [0.2, 0.25) is 0 Å². The van der Waals surface area contributed by atoms with E-state index in [2.05, 4.69) is 29.3 Å². The number of anilines is 1. The Morgan fingerprint density at radius 2 is 1.90 bits per heavy atom. The average Bonchev–Trinajstić information content (AvgIpc) is 2.79. The van der Waals surface area contributed by atoms with E-state index in [0.717, 1.165) is 30.7 Å². The second-order valence-electron chi connectivity index (χ2n) is 8.19. The molecular weight excluding hydrogens is 399 g/mol. The largest absolute Gasteiger partial charge is 0.417 e. The van der Waals surface area contributed by atoms with Crippen LogP contribution in [0.1, 0.15) is 50.2 Å². The molecule has 0 bridgehead atoms. The van der Waals surface area contributed by atoms with Crippen molar-refractivity contribution in [3.8, 4) is 0 Å². The molecule has 0 amide bonds. The normalized spacial score (nSPS) is 19.4. The fourth-order valence-electron chi connectivity index (χ4n) is 4.33. The minimum absolute atomic E-state index is 0.277. The highest BCUT2D eigenvalue weighted by atomic mass is 19.4. The quantitative estimate of drug-likeness (QED) is 0.549. The van der Waals surface area contributed by atoms with Crippen LogP contribution >= 0.6 is 0 Å². The van der Waals surface area contributed by atoms with Gasteiger partial charge in [-0.15, -0.1) is 5.10 Å². The molecule has 0 N–H and O–H groups in total. The van der Waals surface area contributed by atoms with Gasteiger partial charge in [-0.2, -0.15) is 18.3 Å². The van der Waals surface area contributed by atoms with Crippen LogP contribution in [0.15, 0.2) is 72.1 Å². The Bertz CT molecular complexity index is 998. The van der Waals surface area contributed by atoms with Crippen molar-refractivity contribution in [3.05, 3.63) is 83.2 Å². The van der Waals surface area contributed by atoms with E-state index in [4.69, 9.17) is 0 Å². The van der Waals surface area contributed by atoms with Gasteiger partial charge in [0, 0.05) is 12.4 Å². The van der Waals surface area contributed by atoms with Crippen molar-refractivity contribution in [2.24, 2.45) is 0 Å². The lowest BCUT2D eigenvalue weighted by Gasteiger charge is -2.31. The van der Waals surface area contributed by atoms with Gasteiger partial charge in [-0.25, -0.2) is 0 Å². The van der Waals surface area contributed by atoms with Gasteiger partial charge in [0.05, 0.1) is 11.6 Å². The minimum atomic E-state index is -4.41. The Balaban J connectivity index is 1.61. The number of allylic oxidation sites excluding steroid dienone is 4. The number of rotatable bonds is 4. The van der Waals surface area contributed by atoms with Crippen molar-refractivity contribution in [3.63, 3.8) is 0 Å². The standard InChI is InChI=1S/C25H26F3N3/c1-18(20-8-3-2-4-9-20)21-10-5-7-19(15-21)16-23-13-12-22(25(26,27)28)17-31(23)24-11-6-14-29-30-24/h5-7,10-15,17,23H,2-4,8-9,16H2,1H3. The maximum Gasteiger partial charge on any atom is 0.417 e. The second kappa shape index (κ2) is 9.08. The molecule has 4 rings (SSSR count). The Labute approximate surface area is 181 Å². The molecule has 1 aromatic heterocycles. The fourth-order valence-corrected chi connectivity index (χ4v) is 4.33. The first-order chi connectivity index (χ1) is 14.9. The van der Waals surface area contributed by atoms with Crippen LogP contribution in [0.5, 0.6) is 0 Å². The summed E-state index contributed by atoms with van der Waals surface area (Å²) >= 11 is 0. The molecule has 3 nitrogen and oxygen atoms in total. The smallest absolute Gasteiger partial charge is 0.324 e. The van der Waals surface area contributed by atoms with Gasteiger partial charge < -0.3 is 4.90 Å². The molecule has 1 unspecified atom stereocenters. The van der Waals surface area contributed by atoms with Crippen molar-refractivity contribution in [2.45, 2.75) is 57.7 Å². The number of halogens is 3. The summed E-state index contributed by atoms with van der Waals surface area (Å²) < 4.78 is 39.9. The van der Waals surface area contributed by atoms with Crippen LogP contribution in [0.4, 0.5) is 19.0 Å². The van der Waals surface area contributed by atoms with Crippen molar-refractivity contribution >= 4 is 11.4 Å². The molecule has 0 spiro atoms. The highest BCUT2D eigenvalue weighted by Gasteiger charge is 2.35. The molecular formula is C25H26F3N3. The van der Waals surface area contributed by atoms with Crippen LogP contribution in [0.3, 0.4) is 0 Å². The predicted molar refractivity (Wildman–Crippen MR) is 117 cm³/mol. The van der Waals surface area contributed by atoms with Gasteiger partial charge >= 0.3 is 6.18 Å². The van der Waals surface area contributed by atoms with Crippen molar-refractivity contribution in [2.75, 3.05) is 4.90 Å². The molecule has 1 saturated carbocycles. The zero-order chi connectivity index (χ0) is 21.8. The van der Waals surface area contributed by atoms with Gasteiger partial charge in [-0.1, -0.05) is 48.4 Å². The predicted octanol–water partition coefficient (Wildman–Crippen LogP) is 6.65. The fraction of sp³-hybridized carbons (Fsp3) is 0.360. The number of nitrogens with zero attached hydrogens (tertiary/aromatic N) is 3. The van der Waals surface area contributed by atoms with Crippen molar-refractivity contribution in [1.82, 2.24) is 10.2 Å². The van der Waals surface area contributed by atoms with Crippen LogP contribution in [0.25, 0.3) is 5.57 Å².